The van der Waals surface area contributed by atoms with Crippen LogP contribution in [0.25, 0.3) is 0 Å². The molecule has 0 atom stereocenters. The van der Waals surface area contributed by atoms with Gasteiger partial charge in [0.25, 0.3) is 0 Å². The summed E-state index contributed by atoms with van der Waals surface area (Å²) in [6.45, 7) is 1.68. The molecule has 1 rings (SSSR count). The Balaban J connectivity index is 0.00000289. The molecule has 0 saturated heterocycles. The van der Waals surface area contributed by atoms with Crippen LogP contribution in [0.1, 0.15) is 5.56 Å². The zero-order valence-electron chi connectivity index (χ0n) is 10.1. The second-order valence-electron chi connectivity index (χ2n) is 3.68. The number of anilines is 2. The number of rotatable bonds is 4. The van der Waals surface area contributed by atoms with Crippen molar-refractivity contribution in [1.82, 2.24) is 0 Å². The molecule has 0 aliphatic carbocycles. The summed E-state index contributed by atoms with van der Waals surface area (Å²) < 4.78 is 24.6. The summed E-state index contributed by atoms with van der Waals surface area (Å²) in [4.78, 5) is 11.2. The molecule has 0 saturated carbocycles. The first-order valence-corrected chi connectivity index (χ1v) is 6.79. The minimum Gasteiger partial charge on any atom is -0.323 e. The minimum absolute atomic E-state index is 0. The summed E-state index contributed by atoms with van der Waals surface area (Å²) in [7, 11) is -3.39. The number of halogens is 1. The highest BCUT2D eigenvalue weighted by Crippen LogP contribution is 2.23. The van der Waals surface area contributed by atoms with E-state index in [0.29, 0.717) is 11.4 Å². The second kappa shape index (κ2) is 6.58. The lowest BCUT2D eigenvalue weighted by Gasteiger charge is -2.12. The maximum absolute atomic E-state index is 11.2. The van der Waals surface area contributed by atoms with Gasteiger partial charge in [-0.25, -0.2) is 8.42 Å². The molecule has 0 unspecified atom stereocenters. The van der Waals surface area contributed by atoms with Gasteiger partial charge in [0.1, 0.15) is 0 Å². The van der Waals surface area contributed by atoms with Crippen LogP contribution in [0.3, 0.4) is 0 Å². The first kappa shape index (κ1) is 16.7. The number of carbonyl (C=O) groups is 1. The Kier molecular flexibility index (Phi) is 6.10. The molecule has 1 amide bonds. The standard InChI is InChI=1S/C10H15N3O3S.ClH/c1-7-3-4-8(13-17(2,15)16)9(5-7)12-10(14)6-11;/h3-5,13H,6,11H2,1-2H3,(H,12,14);1H. The van der Waals surface area contributed by atoms with Crippen molar-refractivity contribution in [3.63, 3.8) is 0 Å². The fourth-order valence-corrected chi connectivity index (χ4v) is 1.83. The SMILES string of the molecule is Cc1ccc(NS(C)(=O)=O)c(NC(=O)CN)c1.Cl. The number of carbonyl (C=O) groups excluding carboxylic acids is 1. The Labute approximate surface area is 112 Å². The highest BCUT2D eigenvalue weighted by atomic mass is 35.5. The van der Waals surface area contributed by atoms with Crippen molar-refractivity contribution >= 4 is 39.7 Å². The molecule has 0 aliphatic rings. The molecule has 6 nitrogen and oxygen atoms in total. The molecule has 0 aliphatic heterocycles. The Morgan fingerprint density at radius 3 is 2.44 bits per heavy atom. The molecule has 0 bridgehead atoms. The first-order valence-electron chi connectivity index (χ1n) is 4.90. The normalized spacial score (nSPS) is 10.4. The summed E-state index contributed by atoms with van der Waals surface area (Å²) in [6, 6.07) is 5.00. The van der Waals surface area contributed by atoms with Crippen molar-refractivity contribution in [2.24, 2.45) is 5.73 Å². The highest BCUT2D eigenvalue weighted by molar-refractivity contribution is 7.92. The molecule has 0 heterocycles. The van der Waals surface area contributed by atoms with Crippen molar-refractivity contribution in [2.45, 2.75) is 6.92 Å². The van der Waals surface area contributed by atoms with Crippen molar-refractivity contribution in [3.05, 3.63) is 23.8 Å². The van der Waals surface area contributed by atoms with E-state index in [4.69, 9.17) is 5.73 Å². The van der Waals surface area contributed by atoms with Gasteiger partial charge in [0, 0.05) is 0 Å². The largest absolute Gasteiger partial charge is 0.323 e. The lowest BCUT2D eigenvalue weighted by molar-refractivity contribution is -0.114. The van der Waals surface area contributed by atoms with Crippen LogP contribution in [0.2, 0.25) is 0 Å². The third kappa shape index (κ3) is 5.35. The third-order valence-electron chi connectivity index (χ3n) is 1.93. The van der Waals surface area contributed by atoms with Gasteiger partial charge in [-0.15, -0.1) is 12.4 Å². The number of benzene rings is 1. The van der Waals surface area contributed by atoms with E-state index in [1.807, 2.05) is 6.92 Å². The van der Waals surface area contributed by atoms with Crippen LogP contribution < -0.4 is 15.8 Å². The van der Waals surface area contributed by atoms with E-state index in [1.165, 1.54) is 0 Å². The molecular formula is C10H16ClN3O3S. The van der Waals surface area contributed by atoms with Crippen LogP contribution in [0, 0.1) is 6.92 Å². The van der Waals surface area contributed by atoms with Crippen molar-refractivity contribution in [1.29, 1.82) is 0 Å². The van der Waals surface area contributed by atoms with E-state index >= 15 is 0 Å². The van der Waals surface area contributed by atoms with Crippen molar-refractivity contribution in [2.75, 3.05) is 22.8 Å². The minimum atomic E-state index is -3.39. The number of sulfonamides is 1. The van der Waals surface area contributed by atoms with Crippen LogP contribution in [0.5, 0.6) is 0 Å². The molecule has 0 radical (unpaired) electrons. The maximum atomic E-state index is 11.2. The molecule has 8 heteroatoms. The molecule has 4 N–H and O–H groups in total. The summed E-state index contributed by atoms with van der Waals surface area (Å²) in [5, 5.41) is 2.53. The summed E-state index contributed by atoms with van der Waals surface area (Å²) in [5.41, 5.74) is 6.80. The van der Waals surface area contributed by atoms with Crippen LogP contribution >= 0.6 is 12.4 Å². The smallest absolute Gasteiger partial charge is 0.238 e. The topological polar surface area (TPSA) is 101 Å². The first-order chi connectivity index (χ1) is 7.81. The van der Waals surface area contributed by atoms with Crippen molar-refractivity contribution < 1.29 is 13.2 Å². The van der Waals surface area contributed by atoms with Crippen molar-refractivity contribution in [3.8, 4) is 0 Å². The summed E-state index contributed by atoms with van der Waals surface area (Å²) in [6.07, 6.45) is 1.04. The molecule has 1 aromatic rings. The number of hydrogen-bond acceptors (Lipinski definition) is 4. The van der Waals surface area contributed by atoms with Crippen LogP contribution in [-0.4, -0.2) is 27.1 Å². The van der Waals surface area contributed by atoms with Crippen LogP contribution in [-0.2, 0) is 14.8 Å². The van der Waals surface area contributed by atoms with Gasteiger partial charge in [0.15, 0.2) is 0 Å². The number of nitrogens with two attached hydrogens (primary N) is 1. The predicted molar refractivity (Wildman–Crippen MR) is 74.6 cm³/mol. The predicted octanol–water partition coefficient (Wildman–Crippen LogP) is 0.686. The lowest BCUT2D eigenvalue weighted by atomic mass is 10.2. The van der Waals surface area contributed by atoms with Gasteiger partial charge >= 0.3 is 0 Å². The number of amides is 1. The van der Waals surface area contributed by atoms with Gasteiger partial charge < -0.3 is 11.1 Å². The van der Waals surface area contributed by atoms with Gasteiger partial charge in [0.2, 0.25) is 15.9 Å². The zero-order valence-corrected chi connectivity index (χ0v) is 11.7. The molecular weight excluding hydrogens is 278 g/mol. The van der Waals surface area contributed by atoms with E-state index in [1.54, 1.807) is 18.2 Å². The van der Waals surface area contributed by atoms with E-state index in [-0.39, 0.29) is 24.9 Å². The fraction of sp³-hybridized carbons (Fsp3) is 0.300. The summed E-state index contributed by atoms with van der Waals surface area (Å²) in [5.74, 6) is -0.382. The Morgan fingerprint density at radius 1 is 1.33 bits per heavy atom. The van der Waals surface area contributed by atoms with E-state index in [2.05, 4.69) is 10.0 Å². The summed E-state index contributed by atoms with van der Waals surface area (Å²) >= 11 is 0. The number of nitrogens with one attached hydrogen (secondary N) is 2. The maximum Gasteiger partial charge on any atom is 0.238 e. The molecule has 0 spiro atoms. The van der Waals surface area contributed by atoms with Gasteiger partial charge in [-0.2, -0.15) is 0 Å². The van der Waals surface area contributed by atoms with Gasteiger partial charge in [-0.3, -0.25) is 9.52 Å². The zero-order chi connectivity index (χ0) is 13.1. The number of hydrogen-bond donors (Lipinski definition) is 3. The highest BCUT2D eigenvalue weighted by Gasteiger charge is 2.09. The van der Waals surface area contributed by atoms with Crippen LogP contribution in [0.4, 0.5) is 11.4 Å². The van der Waals surface area contributed by atoms with E-state index in [9.17, 15) is 13.2 Å². The fourth-order valence-electron chi connectivity index (χ4n) is 1.25. The third-order valence-corrected chi connectivity index (χ3v) is 2.52. The average Bonchev–Trinajstić information content (AvgIpc) is 2.20. The van der Waals surface area contributed by atoms with E-state index < -0.39 is 10.0 Å². The van der Waals surface area contributed by atoms with Gasteiger partial charge in [0.05, 0.1) is 24.2 Å². The van der Waals surface area contributed by atoms with Gasteiger partial charge in [-0.05, 0) is 24.6 Å². The second-order valence-corrected chi connectivity index (χ2v) is 5.42. The molecule has 0 aromatic heterocycles. The average molecular weight is 294 g/mol. The number of aryl methyl sites for hydroxylation is 1. The molecule has 18 heavy (non-hydrogen) atoms. The lowest BCUT2D eigenvalue weighted by Crippen LogP contribution is -2.23. The van der Waals surface area contributed by atoms with E-state index in [0.717, 1.165) is 11.8 Å². The molecule has 102 valence electrons. The Morgan fingerprint density at radius 2 is 1.94 bits per heavy atom. The van der Waals surface area contributed by atoms with Gasteiger partial charge in [-0.1, -0.05) is 6.07 Å². The monoisotopic (exact) mass is 293 g/mol. The molecule has 0 fully saturated rings. The quantitative estimate of drug-likeness (QED) is 0.760. The molecule has 1 aromatic carbocycles. The Hall–Kier alpha value is -1.31. The Bertz CT molecular complexity index is 531. The van der Waals surface area contributed by atoms with Crippen LogP contribution in [0.15, 0.2) is 18.2 Å².